The quantitative estimate of drug-likeness (QED) is 0.897. The lowest BCUT2D eigenvalue weighted by Gasteiger charge is -2.09. The van der Waals surface area contributed by atoms with Crippen LogP contribution >= 0.6 is 0 Å². The van der Waals surface area contributed by atoms with Gasteiger partial charge in [-0.05, 0) is 23.5 Å². The van der Waals surface area contributed by atoms with Crippen molar-refractivity contribution in [3.63, 3.8) is 0 Å². The number of nitrogens with zero attached hydrogens (tertiary/aromatic N) is 2. The average molecular weight is 243 g/mol. The SMILES string of the molecule is CCC(C)c1ccc(-c2cn(C)nc2CN)cc1. The molecule has 2 rings (SSSR count). The van der Waals surface area contributed by atoms with E-state index in [4.69, 9.17) is 5.73 Å². The Balaban J connectivity index is 2.34. The van der Waals surface area contributed by atoms with Gasteiger partial charge in [-0.15, -0.1) is 0 Å². The van der Waals surface area contributed by atoms with Crippen LogP contribution in [0.4, 0.5) is 0 Å². The fourth-order valence-electron chi connectivity index (χ4n) is 2.15. The van der Waals surface area contributed by atoms with Crippen LogP contribution in [0.2, 0.25) is 0 Å². The Kier molecular flexibility index (Phi) is 3.82. The standard InChI is InChI=1S/C15H21N3/c1-4-11(2)12-5-7-13(8-6-12)14-10-18(3)17-15(14)9-16/h5-8,10-11H,4,9,16H2,1-3H3. The Hall–Kier alpha value is -1.61. The number of benzene rings is 1. The lowest BCUT2D eigenvalue weighted by molar-refractivity contribution is 0.734. The predicted molar refractivity (Wildman–Crippen MR) is 75.2 cm³/mol. The molecule has 0 saturated carbocycles. The first-order valence-corrected chi connectivity index (χ1v) is 6.48. The minimum absolute atomic E-state index is 0.475. The molecule has 0 fully saturated rings. The third kappa shape index (κ3) is 2.46. The molecule has 3 heteroatoms. The van der Waals surface area contributed by atoms with Gasteiger partial charge in [0.05, 0.1) is 5.69 Å². The summed E-state index contributed by atoms with van der Waals surface area (Å²) in [4.78, 5) is 0. The van der Waals surface area contributed by atoms with E-state index in [-0.39, 0.29) is 0 Å². The van der Waals surface area contributed by atoms with Gasteiger partial charge in [-0.25, -0.2) is 0 Å². The van der Waals surface area contributed by atoms with Gasteiger partial charge < -0.3 is 5.73 Å². The zero-order valence-electron chi connectivity index (χ0n) is 11.4. The minimum atomic E-state index is 0.475. The monoisotopic (exact) mass is 243 g/mol. The van der Waals surface area contributed by atoms with Gasteiger partial charge in [0.25, 0.3) is 0 Å². The van der Waals surface area contributed by atoms with Gasteiger partial charge in [-0.2, -0.15) is 5.10 Å². The van der Waals surface area contributed by atoms with Crippen LogP contribution in [0.25, 0.3) is 11.1 Å². The molecule has 0 aliphatic heterocycles. The number of hydrogen-bond donors (Lipinski definition) is 1. The van der Waals surface area contributed by atoms with Crippen LogP contribution in [0.3, 0.4) is 0 Å². The van der Waals surface area contributed by atoms with Crippen molar-refractivity contribution in [2.45, 2.75) is 32.7 Å². The number of aryl methyl sites for hydroxylation is 1. The first kappa shape index (κ1) is 12.8. The lowest BCUT2D eigenvalue weighted by Crippen LogP contribution is -2.00. The van der Waals surface area contributed by atoms with E-state index in [1.165, 1.54) is 17.5 Å². The summed E-state index contributed by atoms with van der Waals surface area (Å²) in [6, 6.07) is 8.74. The van der Waals surface area contributed by atoms with Gasteiger partial charge in [0, 0.05) is 25.4 Å². The Morgan fingerprint density at radius 2 is 1.94 bits per heavy atom. The molecule has 18 heavy (non-hydrogen) atoms. The molecule has 0 radical (unpaired) electrons. The Morgan fingerprint density at radius 3 is 2.50 bits per heavy atom. The summed E-state index contributed by atoms with van der Waals surface area (Å²) in [5, 5.41) is 4.37. The molecule has 0 spiro atoms. The Labute approximate surface area is 109 Å². The zero-order valence-corrected chi connectivity index (χ0v) is 11.4. The predicted octanol–water partition coefficient (Wildman–Crippen LogP) is 3.06. The average Bonchev–Trinajstić information content (AvgIpc) is 2.79. The maximum Gasteiger partial charge on any atom is 0.0838 e. The summed E-state index contributed by atoms with van der Waals surface area (Å²) < 4.78 is 1.82. The molecule has 0 aliphatic carbocycles. The van der Waals surface area contributed by atoms with E-state index >= 15 is 0 Å². The van der Waals surface area contributed by atoms with Gasteiger partial charge in [0.1, 0.15) is 0 Å². The molecule has 3 nitrogen and oxygen atoms in total. The highest BCUT2D eigenvalue weighted by atomic mass is 15.3. The van der Waals surface area contributed by atoms with Crippen molar-refractivity contribution in [2.24, 2.45) is 12.8 Å². The summed E-state index contributed by atoms with van der Waals surface area (Å²) in [6.45, 7) is 4.94. The molecule has 1 aromatic heterocycles. The van der Waals surface area contributed by atoms with Gasteiger partial charge in [0.15, 0.2) is 0 Å². The first-order chi connectivity index (χ1) is 8.65. The first-order valence-electron chi connectivity index (χ1n) is 6.48. The molecule has 1 aromatic carbocycles. The molecular formula is C15H21N3. The van der Waals surface area contributed by atoms with Crippen LogP contribution < -0.4 is 5.73 Å². The molecule has 2 aromatic rings. The molecule has 0 bridgehead atoms. The van der Waals surface area contributed by atoms with Crippen molar-refractivity contribution in [3.8, 4) is 11.1 Å². The maximum absolute atomic E-state index is 5.73. The summed E-state index contributed by atoms with van der Waals surface area (Å²) >= 11 is 0. The van der Waals surface area contributed by atoms with Crippen molar-refractivity contribution < 1.29 is 0 Å². The Morgan fingerprint density at radius 1 is 1.28 bits per heavy atom. The van der Waals surface area contributed by atoms with Gasteiger partial charge in [-0.1, -0.05) is 38.1 Å². The molecule has 96 valence electrons. The molecule has 2 N–H and O–H groups in total. The van der Waals surface area contributed by atoms with Gasteiger partial charge in [0.2, 0.25) is 0 Å². The highest BCUT2D eigenvalue weighted by Gasteiger charge is 2.09. The second kappa shape index (κ2) is 5.36. The van der Waals surface area contributed by atoms with Crippen LogP contribution in [0.5, 0.6) is 0 Å². The number of rotatable bonds is 4. The molecule has 0 saturated heterocycles. The maximum atomic E-state index is 5.73. The topological polar surface area (TPSA) is 43.8 Å². The highest BCUT2D eigenvalue weighted by Crippen LogP contribution is 2.26. The molecule has 1 heterocycles. The Bertz CT molecular complexity index is 511. The second-order valence-electron chi connectivity index (χ2n) is 4.80. The van der Waals surface area contributed by atoms with Crippen molar-refractivity contribution in [1.29, 1.82) is 0 Å². The third-order valence-corrected chi connectivity index (χ3v) is 3.50. The van der Waals surface area contributed by atoms with Crippen molar-refractivity contribution >= 4 is 0 Å². The second-order valence-corrected chi connectivity index (χ2v) is 4.80. The molecule has 0 aliphatic rings. The summed E-state index contributed by atoms with van der Waals surface area (Å²) in [7, 11) is 1.93. The van der Waals surface area contributed by atoms with Crippen LogP contribution in [-0.4, -0.2) is 9.78 Å². The van der Waals surface area contributed by atoms with Crippen LogP contribution in [0.1, 0.15) is 37.4 Å². The van der Waals surface area contributed by atoms with E-state index in [9.17, 15) is 0 Å². The van der Waals surface area contributed by atoms with E-state index in [0.29, 0.717) is 12.5 Å². The van der Waals surface area contributed by atoms with E-state index in [0.717, 1.165) is 11.3 Å². The number of aromatic nitrogens is 2. The fraction of sp³-hybridized carbons (Fsp3) is 0.400. The van der Waals surface area contributed by atoms with Crippen LogP contribution in [0.15, 0.2) is 30.5 Å². The molecule has 0 amide bonds. The van der Waals surface area contributed by atoms with Crippen LogP contribution in [-0.2, 0) is 13.6 Å². The molecular weight excluding hydrogens is 222 g/mol. The van der Waals surface area contributed by atoms with Crippen molar-refractivity contribution in [1.82, 2.24) is 9.78 Å². The smallest absolute Gasteiger partial charge is 0.0838 e. The van der Waals surface area contributed by atoms with E-state index in [2.05, 4.69) is 43.2 Å². The van der Waals surface area contributed by atoms with Gasteiger partial charge >= 0.3 is 0 Å². The third-order valence-electron chi connectivity index (χ3n) is 3.50. The van der Waals surface area contributed by atoms with E-state index < -0.39 is 0 Å². The number of hydrogen-bond acceptors (Lipinski definition) is 2. The fourth-order valence-corrected chi connectivity index (χ4v) is 2.15. The largest absolute Gasteiger partial charge is 0.325 e. The van der Waals surface area contributed by atoms with Crippen LogP contribution in [0, 0.1) is 0 Å². The normalized spacial score (nSPS) is 12.7. The van der Waals surface area contributed by atoms with E-state index in [1.54, 1.807) is 0 Å². The summed E-state index contributed by atoms with van der Waals surface area (Å²) in [5.41, 5.74) is 10.4. The minimum Gasteiger partial charge on any atom is -0.325 e. The van der Waals surface area contributed by atoms with E-state index in [1.807, 2.05) is 17.9 Å². The zero-order chi connectivity index (χ0) is 13.1. The summed E-state index contributed by atoms with van der Waals surface area (Å²) in [5.74, 6) is 0.613. The van der Waals surface area contributed by atoms with Gasteiger partial charge in [-0.3, -0.25) is 4.68 Å². The summed E-state index contributed by atoms with van der Waals surface area (Å²) in [6.07, 6.45) is 3.20. The lowest BCUT2D eigenvalue weighted by atomic mass is 9.96. The van der Waals surface area contributed by atoms with Crippen molar-refractivity contribution in [3.05, 3.63) is 41.7 Å². The highest BCUT2D eigenvalue weighted by molar-refractivity contribution is 5.65. The van der Waals surface area contributed by atoms with Crippen molar-refractivity contribution in [2.75, 3.05) is 0 Å². The molecule has 1 unspecified atom stereocenters. The molecule has 1 atom stereocenters. The number of nitrogens with two attached hydrogens (primary N) is 1.